The average Bonchev–Trinajstić information content (AvgIpc) is 3.24. The molecule has 5 rings (SSSR count). The van der Waals surface area contributed by atoms with E-state index in [1.54, 1.807) is 12.4 Å². The number of imidazole rings is 1. The summed E-state index contributed by atoms with van der Waals surface area (Å²) in [7, 11) is 0. The van der Waals surface area contributed by atoms with Crippen molar-refractivity contribution in [3.05, 3.63) is 84.4 Å². The van der Waals surface area contributed by atoms with Gasteiger partial charge in [0.25, 0.3) is 5.91 Å². The number of aryl methyl sites for hydroxylation is 1. The van der Waals surface area contributed by atoms with Crippen molar-refractivity contribution in [3.63, 3.8) is 0 Å². The van der Waals surface area contributed by atoms with Gasteiger partial charge in [-0.15, -0.1) is 0 Å². The van der Waals surface area contributed by atoms with E-state index in [-0.39, 0.29) is 5.91 Å². The summed E-state index contributed by atoms with van der Waals surface area (Å²) in [5.74, 6) is -0.0266. The molecule has 4 aromatic rings. The lowest BCUT2D eigenvalue weighted by Gasteiger charge is -2.35. The van der Waals surface area contributed by atoms with Crippen LogP contribution in [-0.4, -0.2) is 51.4 Å². The van der Waals surface area contributed by atoms with E-state index in [0.717, 1.165) is 24.3 Å². The van der Waals surface area contributed by atoms with Crippen molar-refractivity contribution in [2.75, 3.05) is 31.1 Å². The lowest BCUT2D eigenvalue weighted by Crippen LogP contribution is -2.48. The Morgan fingerprint density at radius 1 is 0.933 bits per heavy atom. The van der Waals surface area contributed by atoms with Gasteiger partial charge in [-0.05, 0) is 19.1 Å². The van der Waals surface area contributed by atoms with Crippen LogP contribution in [0.2, 0.25) is 0 Å². The van der Waals surface area contributed by atoms with Crippen LogP contribution in [0.3, 0.4) is 0 Å². The van der Waals surface area contributed by atoms with Crippen LogP contribution in [0.5, 0.6) is 0 Å². The number of para-hydroxylation sites is 1. The van der Waals surface area contributed by atoms with Crippen LogP contribution in [0.1, 0.15) is 16.1 Å². The number of carbonyl (C=O) groups is 1. The highest BCUT2D eigenvalue weighted by molar-refractivity contribution is 5.94. The van der Waals surface area contributed by atoms with E-state index in [1.165, 1.54) is 11.3 Å². The van der Waals surface area contributed by atoms with Crippen LogP contribution in [0.15, 0.2) is 73.2 Å². The summed E-state index contributed by atoms with van der Waals surface area (Å²) in [6.07, 6.45) is 5.39. The molecule has 0 spiro atoms. The third-order valence-electron chi connectivity index (χ3n) is 5.61. The summed E-state index contributed by atoms with van der Waals surface area (Å²) < 4.78 is 1.88. The molecule has 6 nitrogen and oxygen atoms in total. The minimum absolute atomic E-state index is 0.0266. The molecule has 0 aliphatic carbocycles. The molecule has 1 aliphatic heterocycles. The molecule has 6 heteroatoms. The first-order valence-electron chi connectivity index (χ1n) is 10.2. The summed E-state index contributed by atoms with van der Waals surface area (Å²) >= 11 is 0. The van der Waals surface area contributed by atoms with E-state index in [0.29, 0.717) is 24.4 Å². The SMILES string of the molecule is Cc1ccc(-c2nccn3cc(C(=O)N4CCN(c5ccccc5)CC4)nc23)cc1. The summed E-state index contributed by atoms with van der Waals surface area (Å²) in [5, 5.41) is 0. The Bertz CT molecular complexity index is 1180. The molecule has 0 bridgehead atoms. The van der Waals surface area contributed by atoms with Gasteiger partial charge < -0.3 is 14.2 Å². The van der Waals surface area contributed by atoms with E-state index < -0.39 is 0 Å². The van der Waals surface area contributed by atoms with E-state index in [4.69, 9.17) is 0 Å². The highest BCUT2D eigenvalue weighted by atomic mass is 16.2. The second kappa shape index (κ2) is 7.63. The normalized spacial score (nSPS) is 14.3. The molecule has 2 aromatic heterocycles. The molecule has 0 saturated carbocycles. The van der Waals surface area contributed by atoms with Crippen molar-refractivity contribution in [2.24, 2.45) is 0 Å². The van der Waals surface area contributed by atoms with Gasteiger partial charge in [-0.1, -0.05) is 48.0 Å². The minimum atomic E-state index is -0.0266. The van der Waals surface area contributed by atoms with Crippen molar-refractivity contribution in [3.8, 4) is 11.3 Å². The Balaban J connectivity index is 1.37. The van der Waals surface area contributed by atoms with Crippen LogP contribution >= 0.6 is 0 Å². The molecule has 0 atom stereocenters. The van der Waals surface area contributed by atoms with E-state index in [9.17, 15) is 4.79 Å². The van der Waals surface area contributed by atoms with Crippen molar-refractivity contribution in [1.82, 2.24) is 19.3 Å². The van der Waals surface area contributed by atoms with Gasteiger partial charge in [0.2, 0.25) is 0 Å². The Hall–Kier alpha value is -3.67. The molecular formula is C24H23N5O. The number of carbonyl (C=O) groups excluding carboxylic acids is 1. The third kappa shape index (κ3) is 3.41. The van der Waals surface area contributed by atoms with Gasteiger partial charge >= 0.3 is 0 Å². The molecule has 30 heavy (non-hydrogen) atoms. The van der Waals surface area contributed by atoms with Crippen LogP contribution in [0.4, 0.5) is 5.69 Å². The van der Waals surface area contributed by atoms with E-state index >= 15 is 0 Å². The predicted octanol–water partition coefficient (Wildman–Crippen LogP) is 3.67. The second-order valence-corrected chi connectivity index (χ2v) is 7.61. The number of hydrogen-bond donors (Lipinski definition) is 0. The van der Waals surface area contributed by atoms with E-state index in [1.807, 2.05) is 45.8 Å². The van der Waals surface area contributed by atoms with Gasteiger partial charge in [0.15, 0.2) is 5.65 Å². The monoisotopic (exact) mass is 397 g/mol. The number of aromatic nitrogens is 3. The van der Waals surface area contributed by atoms with Gasteiger partial charge in [0.1, 0.15) is 11.4 Å². The Morgan fingerprint density at radius 3 is 2.40 bits per heavy atom. The fraction of sp³-hybridized carbons (Fsp3) is 0.208. The van der Waals surface area contributed by atoms with Crippen LogP contribution in [0, 0.1) is 6.92 Å². The van der Waals surface area contributed by atoms with Crippen molar-refractivity contribution >= 4 is 17.2 Å². The zero-order chi connectivity index (χ0) is 20.5. The summed E-state index contributed by atoms with van der Waals surface area (Å²) in [4.78, 5) is 26.5. The molecule has 3 heterocycles. The van der Waals surface area contributed by atoms with Crippen LogP contribution in [0.25, 0.3) is 16.9 Å². The fourth-order valence-electron chi connectivity index (χ4n) is 3.91. The van der Waals surface area contributed by atoms with Gasteiger partial charge in [0.05, 0.1) is 0 Å². The largest absolute Gasteiger partial charge is 0.368 e. The highest BCUT2D eigenvalue weighted by Gasteiger charge is 2.24. The molecule has 2 aromatic carbocycles. The zero-order valence-electron chi connectivity index (χ0n) is 16.9. The number of rotatable bonds is 3. The number of piperazine rings is 1. The fourth-order valence-corrected chi connectivity index (χ4v) is 3.91. The first-order chi connectivity index (χ1) is 14.7. The Kier molecular flexibility index (Phi) is 4.67. The molecule has 0 N–H and O–H groups in total. The first-order valence-corrected chi connectivity index (χ1v) is 10.2. The summed E-state index contributed by atoms with van der Waals surface area (Å²) in [6, 6.07) is 18.5. The number of anilines is 1. The van der Waals surface area contributed by atoms with Crippen LogP contribution < -0.4 is 4.90 Å². The molecule has 1 amide bonds. The quantitative estimate of drug-likeness (QED) is 0.529. The van der Waals surface area contributed by atoms with Crippen molar-refractivity contribution in [1.29, 1.82) is 0 Å². The average molecular weight is 397 g/mol. The van der Waals surface area contributed by atoms with Gasteiger partial charge in [0, 0.05) is 56.0 Å². The van der Waals surface area contributed by atoms with Crippen molar-refractivity contribution < 1.29 is 4.79 Å². The predicted molar refractivity (Wildman–Crippen MR) is 118 cm³/mol. The maximum Gasteiger partial charge on any atom is 0.274 e. The number of hydrogen-bond acceptors (Lipinski definition) is 4. The van der Waals surface area contributed by atoms with Gasteiger partial charge in [-0.3, -0.25) is 9.78 Å². The molecule has 150 valence electrons. The Morgan fingerprint density at radius 2 is 1.67 bits per heavy atom. The number of amides is 1. The number of benzene rings is 2. The van der Waals surface area contributed by atoms with Gasteiger partial charge in [-0.25, -0.2) is 4.98 Å². The smallest absolute Gasteiger partial charge is 0.274 e. The molecular weight excluding hydrogens is 374 g/mol. The first kappa shape index (κ1) is 18.4. The van der Waals surface area contributed by atoms with Gasteiger partial charge in [-0.2, -0.15) is 0 Å². The van der Waals surface area contributed by atoms with E-state index in [2.05, 4.69) is 46.1 Å². The lowest BCUT2D eigenvalue weighted by atomic mass is 10.1. The lowest BCUT2D eigenvalue weighted by molar-refractivity contribution is 0.0741. The summed E-state index contributed by atoms with van der Waals surface area (Å²) in [5.41, 5.74) is 5.33. The molecule has 1 saturated heterocycles. The number of fused-ring (bicyclic) bond motifs is 1. The molecule has 1 fully saturated rings. The number of nitrogens with zero attached hydrogens (tertiary/aromatic N) is 5. The van der Waals surface area contributed by atoms with Crippen LogP contribution in [-0.2, 0) is 0 Å². The minimum Gasteiger partial charge on any atom is -0.368 e. The molecule has 0 radical (unpaired) electrons. The topological polar surface area (TPSA) is 53.7 Å². The second-order valence-electron chi connectivity index (χ2n) is 7.61. The maximum absolute atomic E-state index is 13.1. The third-order valence-corrected chi connectivity index (χ3v) is 5.61. The maximum atomic E-state index is 13.1. The summed E-state index contributed by atoms with van der Waals surface area (Å²) in [6.45, 7) is 5.07. The Labute approximate surface area is 175 Å². The molecule has 1 aliphatic rings. The highest BCUT2D eigenvalue weighted by Crippen LogP contribution is 2.23. The standard InChI is InChI=1S/C24H23N5O/c1-18-7-9-19(10-8-18)22-23-26-21(17-29(23)12-11-25-22)24(30)28-15-13-27(14-16-28)20-5-3-2-4-6-20/h2-12,17H,13-16H2,1H3. The van der Waals surface area contributed by atoms with Crippen molar-refractivity contribution in [2.45, 2.75) is 6.92 Å². The molecule has 0 unspecified atom stereocenters. The zero-order valence-corrected chi connectivity index (χ0v) is 16.9.